The first kappa shape index (κ1) is 25.7. The fraction of sp³-hybridized carbons (Fsp3) is 0.158. The van der Waals surface area contributed by atoms with E-state index in [4.69, 9.17) is 37.2 Å². The Bertz CT molecular complexity index is 2870. The molecule has 0 bridgehead atoms. The molecule has 11 heteroatoms. The number of rotatable bonds is 0. The summed E-state index contributed by atoms with van der Waals surface area (Å²) in [7, 11) is 0. The third-order valence-electron chi connectivity index (χ3n) is 11.6. The lowest BCUT2D eigenvalue weighted by Crippen LogP contribution is -2.71. The minimum absolute atomic E-state index is 0.499. The second-order valence-electron chi connectivity index (χ2n) is 14.2. The van der Waals surface area contributed by atoms with Crippen LogP contribution in [0.5, 0.6) is 0 Å². The van der Waals surface area contributed by atoms with Crippen molar-refractivity contribution >= 4 is 73.6 Å². The Labute approximate surface area is 278 Å². The number of nitrogens with zero attached hydrogens (tertiary/aromatic N) is 8. The molecule has 0 saturated heterocycles. The number of hydrogen-bond acceptors (Lipinski definition) is 7. The van der Waals surface area contributed by atoms with Crippen LogP contribution in [0.25, 0.3) is 21.5 Å². The van der Waals surface area contributed by atoms with Crippen molar-refractivity contribution in [3.05, 3.63) is 110 Å². The molecule has 1 unspecified atom stereocenters. The first-order valence-corrected chi connectivity index (χ1v) is 16.5. The normalized spacial score (nSPS) is 19.4. The summed E-state index contributed by atoms with van der Waals surface area (Å²) in [6, 6.07) is 17.1. The summed E-state index contributed by atoms with van der Waals surface area (Å²) in [5.74, 6) is 3.83. The van der Waals surface area contributed by atoms with E-state index >= 15 is 0 Å². The fourth-order valence-corrected chi connectivity index (χ4v) is 8.85. The zero-order valence-corrected chi connectivity index (χ0v) is 27.4. The van der Waals surface area contributed by atoms with Gasteiger partial charge >= 0.3 is 5.91 Å². The molecule has 6 aromatic rings. The molecule has 1 atom stereocenters. The number of fused-ring (bicyclic) bond motifs is 12. The van der Waals surface area contributed by atoms with E-state index in [1.807, 2.05) is 25.1 Å². The number of hydrogen-bond donors (Lipinski definition) is 3. The highest BCUT2D eigenvalue weighted by atomic mass is 15.7. The van der Waals surface area contributed by atoms with Crippen LogP contribution in [-0.4, -0.2) is 41.6 Å². The minimum atomic E-state index is -1.09. The summed E-state index contributed by atoms with van der Waals surface area (Å²) >= 11 is 0. The molecule has 8 heterocycles. The van der Waals surface area contributed by atoms with Gasteiger partial charge in [0.15, 0.2) is 0 Å². The van der Waals surface area contributed by atoms with Gasteiger partial charge in [-0.15, -0.1) is 9.15 Å². The highest BCUT2D eigenvalue weighted by Crippen LogP contribution is 2.53. The molecular formula is C38H29N11+2. The summed E-state index contributed by atoms with van der Waals surface area (Å²) in [5, 5.41) is 3.86. The van der Waals surface area contributed by atoms with E-state index in [1.165, 1.54) is 22.3 Å². The van der Waals surface area contributed by atoms with Gasteiger partial charge in [-0.2, -0.15) is 9.13 Å². The molecular weight excluding hydrogens is 610 g/mol. The maximum Gasteiger partial charge on any atom is 0.404 e. The van der Waals surface area contributed by atoms with E-state index in [2.05, 4.69) is 76.3 Å². The largest absolute Gasteiger partial charge is 0.404 e. The molecule has 0 aliphatic carbocycles. The number of nitrogen functional groups attached to an aromatic ring is 3. The van der Waals surface area contributed by atoms with E-state index in [0.29, 0.717) is 17.1 Å². The van der Waals surface area contributed by atoms with Gasteiger partial charge in [-0.05, 0) is 111 Å². The highest BCUT2D eigenvalue weighted by Gasteiger charge is 2.69. The predicted molar refractivity (Wildman–Crippen MR) is 190 cm³/mol. The van der Waals surface area contributed by atoms with E-state index in [9.17, 15) is 0 Å². The third kappa shape index (κ3) is 2.50. The van der Waals surface area contributed by atoms with Gasteiger partial charge in [0.2, 0.25) is 22.6 Å². The van der Waals surface area contributed by atoms with Crippen molar-refractivity contribution in [2.24, 2.45) is 20.0 Å². The molecule has 12 rings (SSSR count). The Kier molecular flexibility index (Phi) is 3.94. The van der Waals surface area contributed by atoms with Crippen molar-refractivity contribution in [2.45, 2.75) is 40.5 Å². The van der Waals surface area contributed by atoms with Gasteiger partial charge in [0.25, 0.3) is 23.3 Å². The van der Waals surface area contributed by atoms with Crippen molar-refractivity contribution in [2.75, 3.05) is 17.2 Å². The lowest BCUT2D eigenvalue weighted by atomic mass is 10.0. The summed E-state index contributed by atoms with van der Waals surface area (Å²) in [4.78, 5) is 22.1. The molecule has 11 nitrogen and oxygen atoms in total. The van der Waals surface area contributed by atoms with Gasteiger partial charge in [-0.25, -0.2) is 0 Å². The van der Waals surface area contributed by atoms with Crippen molar-refractivity contribution in [3.8, 4) is 0 Å². The number of amidine groups is 4. The van der Waals surface area contributed by atoms with Crippen molar-refractivity contribution in [1.82, 2.24) is 9.13 Å². The summed E-state index contributed by atoms with van der Waals surface area (Å²) < 4.78 is 9.15. The van der Waals surface area contributed by atoms with Gasteiger partial charge in [0.05, 0.1) is 33.6 Å². The van der Waals surface area contributed by atoms with Crippen LogP contribution in [0.2, 0.25) is 0 Å². The number of aliphatic imine (C=N–C) groups is 2. The summed E-state index contributed by atoms with van der Waals surface area (Å²) in [5.41, 5.74) is 32.6. The van der Waals surface area contributed by atoms with Crippen molar-refractivity contribution in [3.63, 3.8) is 0 Å². The van der Waals surface area contributed by atoms with E-state index < -0.39 is 5.91 Å². The van der Waals surface area contributed by atoms with Crippen LogP contribution in [0.1, 0.15) is 50.1 Å². The van der Waals surface area contributed by atoms with E-state index in [1.54, 1.807) is 0 Å². The van der Waals surface area contributed by atoms with Crippen LogP contribution >= 0.6 is 0 Å². The van der Waals surface area contributed by atoms with Crippen LogP contribution in [0.3, 0.4) is 0 Å². The zero-order chi connectivity index (χ0) is 33.2. The molecule has 0 fully saturated rings. The summed E-state index contributed by atoms with van der Waals surface area (Å²) in [6.07, 6.45) is 0. The van der Waals surface area contributed by atoms with Crippen molar-refractivity contribution < 1.29 is 9.15 Å². The molecule has 6 aliphatic rings. The van der Waals surface area contributed by atoms with E-state index in [-0.39, 0.29) is 0 Å². The fourth-order valence-electron chi connectivity index (χ4n) is 8.85. The maximum atomic E-state index is 6.62. The predicted octanol–water partition coefficient (Wildman–Crippen LogP) is 4.00. The number of aromatic nitrogens is 2. The molecule has 0 saturated carbocycles. The van der Waals surface area contributed by atoms with Crippen LogP contribution in [0.15, 0.2) is 68.5 Å². The van der Waals surface area contributed by atoms with Crippen LogP contribution < -0.4 is 28.2 Å². The van der Waals surface area contributed by atoms with Gasteiger partial charge in [0.1, 0.15) is 0 Å². The number of nitrogens with two attached hydrogens (primary N) is 3. The molecule has 6 N–H and O–H groups in total. The van der Waals surface area contributed by atoms with Gasteiger partial charge in [-0.3, -0.25) is 0 Å². The Hall–Kier alpha value is -6.36. The molecule has 49 heavy (non-hydrogen) atoms. The molecule has 0 radical (unpaired) electrons. The smallest absolute Gasteiger partial charge is 0.398 e. The molecule has 0 amide bonds. The van der Waals surface area contributed by atoms with Crippen LogP contribution in [-0.2, 0) is 5.91 Å². The Morgan fingerprint density at radius 3 is 1.45 bits per heavy atom. The Morgan fingerprint density at radius 1 is 0.469 bits per heavy atom. The van der Waals surface area contributed by atoms with Crippen molar-refractivity contribution in [1.29, 1.82) is 0 Å². The Morgan fingerprint density at radius 2 is 0.918 bits per heavy atom. The lowest BCUT2D eigenvalue weighted by Gasteiger charge is -2.40. The van der Waals surface area contributed by atoms with Gasteiger partial charge < -0.3 is 17.2 Å². The zero-order valence-electron chi connectivity index (χ0n) is 27.4. The Balaban J connectivity index is 1.41. The SMILES string of the molecule is Cc1cc2c(cc1C)C1=[N+]3C2=Nc2c4cc(C)c(C)cc4c4n2C32n3c(c5cc(N)c(N)cc5c3=NC3=[N+]2C(=N4)c2cc(C)c(N)cc23)=N1. The molecule has 1 spiro atoms. The molecule has 6 aliphatic heterocycles. The molecule has 234 valence electrons. The number of benzene rings is 4. The monoisotopic (exact) mass is 639 g/mol. The lowest BCUT2D eigenvalue weighted by molar-refractivity contribution is -0.790. The maximum absolute atomic E-state index is 6.62. The van der Waals surface area contributed by atoms with E-state index in [0.717, 1.165) is 95.3 Å². The molecule has 2 aromatic heterocycles. The quantitative estimate of drug-likeness (QED) is 0.171. The third-order valence-corrected chi connectivity index (χ3v) is 11.6. The average Bonchev–Trinajstić information content (AvgIpc) is 3.74. The van der Waals surface area contributed by atoms with Crippen LogP contribution in [0, 0.1) is 34.6 Å². The summed E-state index contributed by atoms with van der Waals surface area (Å²) in [6.45, 7) is 10.7. The first-order valence-electron chi connectivity index (χ1n) is 16.5. The molecule has 4 aromatic carbocycles. The highest BCUT2D eigenvalue weighted by molar-refractivity contribution is 6.20. The standard InChI is InChI=1S/C38H27N11/c1-14-6-19-20(7-15(14)2)32-43-34-23-10-18(5)27(39)11-24(23)35-45-37-26-13-29(41)28(40)12-25(26)36-44-33-22-9-17(4)16(3)8-21(22)31-42-30(19)46(32)38(47(31)33,48(34)35)49(36)37/h6-13,40H,1-5H3,(H3,39,41)/p+2. The topological polar surface area (TPSA) is 143 Å². The second kappa shape index (κ2) is 7.52. The first-order chi connectivity index (χ1) is 23.6. The minimum Gasteiger partial charge on any atom is -0.398 e. The van der Waals surface area contributed by atoms with Gasteiger partial charge in [-0.1, -0.05) is 20.0 Å². The number of anilines is 3. The second-order valence-corrected chi connectivity index (χ2v) is 14.2. The number of aryl methyl sites for hydroxylation is 5. The average molecular weight is 640 g/mol. The van der Waals surface area contributed by atoms with Gasteiger partial charge in [0, 0.05) is 27.2 Å². The van der Waals surface area contributed by atoms with Crippen LogP contribution in [0.4, 0.5) is 28.7 Å².